The first-order valence-corrected chi connectivity index (χ1v) is 16.9. The second kappa shape index (κ2) is 9.88. The summed E-state index contributed by atoms with van der Waals surface area (Å²) in [6.07, 6.45) is 0. The van der Waals surface area contributed by atoms with Crippen molar-refractivity contribution < 1.29 is 4.65 Å². The van der Waals surface area contributed by atoms with E-state index in [1.807, 2.05) is 30.2 Å². The van der Waals surface area contributed by atoms with E-state index in [-0.39, 0.29) is 10.8 Å². The lowest BCUT2D eigenvalue weighted by Crippen LogP contribution is -2.45. The van der Waals surface area contributed by atoms with Crippen molar-refractivity contribution in [2.75, 3.05) is 0 Å². The summed E-state index contributed by atoms with van der Waals surface area (Å²) in [6, 6.07) is 38.3. The first kappa shape index (κ1) is 27.3. The predicted molar refractivity (Wildman–Crippen MR) is 197 cm³/mol. The van der Waals surface area contributed by atoms with Crippen molar-refractivity contribution in [3.63, 3.8) is 0 Å². The molecule has 209 valence electrons. The fraction of sp³-hybridized carbons (Fsp3) is 0.158. The highest BCUT2D eigenvalue weighted by Gasteiger charge is 2.34. The first-order valence-electron chi connectivity index (χ1n) is 14.7. The molecule has 1 radical (unpaired) electrons. The highest BCUT2D eigenvalue weighted by Crippen LogP contribution is 2.41. The first-order chi connectivity index (χ1) is 20.7. The summed E-state index contributed by atoms with van der Waals surface area (Å²) in [5.74, 6) is 0. The van der Waals surface area contributed by atoms with Gasteiger partial charge in [-0.05, 0) is 99.8 Å². The highest BCUT2D eigenvalue weighted by atomic mass is 32.1. The van der Waals surface area contributed by atoms with Gasteiger partial charge >= 0.3 is 7.48 Å². The van der Waals surface area contributed by atoms with Gasteiger partial charge in [0.15, 0.2) is 0 Å². The number of fused-ring (bicyclic) bond motifs is 8. The topological polar surface area (TPSA) is 9.23 Å². The summed E-state index contributed by atoms with van der Waals surface area (Å²) in [6.45, 7) is 8.73. The third-order valence-corrected chi connectivity index (χ3v) is 12.2. The van der Waals surface area contributed by atoms with Gasteiger partial charge in [-0.2, -0.15) is 0 Å². The summed E-state index contributed by atoms with van der Waals surface area (Å²) >= 11 is 3.74. The zero-order valence-electron chi connectivity index (χ0n) is 24.7. The van der Waals surface area contributed by atoms with Gasteiger partial charge in [0.05, 0.1) is 5.60 Å². The molecule has 0 saturated carbocycles. The molecule has 43 heavy (non-hydrogen) atoms. The Morgan fingerprint density at radius 2 is 1.12 bits per heavy atom. The van der Waals surface area contributed by atoms with Crippen molar-refractivity contribution in [2.24, 2.45) is 0 Å². The molecule has 8 rings (SSSR count). The minimum atomic E-state index is -0.359. The van der Waals surface area contributed by atoms with E-state index in [0.29, 0.717) is 0 Å². The Labute approximate surface area is 263 Å². The lowest BCUT2D eigenvalue weighted by Gasteiger charge is -2.39. The minimum absolute atomic E-state index is 0.0894. The second-order valence-electron chi connectivity index (χ2n) is 12.7. The van der Waals surface area contributed by atoms with E-state index in [9.17, 15) is 0 Å². The summed E-state index contributed by atoms with van der Waals surface area (Å²) in [7, 11) is 4.97. The Hall–Kier alpha value is -3.27. The van der Waals surface area contributed by atoms with Crippen LogP contribution in [0.2, 0.25) is 0 Å². The smallest absolute Gasteiger partial charge is 0.332 e. The molecule has 0 bridgehead atoms. The Morgan fingerprint density at radius 3 is 1.84 bits per heavy atom. The van der Waals surface area contributed by atoms with E-state index in [1.54, 1.807) is 0 Å². The van der Waals surface area contributed by atoms with Crippen molar-refractivity contribution >= 4 is 107 Å². The lowest BCUT2D eigenvalue weighted by atomic mass is 9.78. The maximum Gasteiger partial charge on any atom is 0.332 e. The normalized spacial score (nSPS) is 12.9. The molecule has 0 aliphatic heterocycles. The average molecular weight is 610 g/mol. The van der Waals surface area contributed by atoms with Gasteiger partial charge in [-0.1, -0.05) is 74.5 Å². The number of hydrogen-bond acceptors (Lipinski definition) is 3. The number of rotatable bonds is 5. The van der Waals surface area contributed by atoms with E-state index in [0.717, 1.165) is 5.46 Å². The molecule has 5 heteroatoms. The fourth-order valence-corrected chi connectivity index (χ4v) is 8.28. The van der Waals surface area contributed by atoms with Crippen molar-refractivity contribution in [1.82, 2.24) is 0 Å². The number of hydrogen-bond donors (Lipinski definition) is 0. The number of thiophene rings is 2. The van der Waals surface area contributed by atoms with Crippen LogP contribution in [0.15, 0.2) is 103 Å². The molecule has 0 amide bonds. The minimum Gasteiger partial charge on any atom is -0.429 e. The molecule has 0 fully saturated rings. The van der Waals surface area contributed by atoms with Gasteiger partial charge in [0, 0.05) is 40.1 Å². The number of benzene rings is 6. The van der Waals surface area contributed by atoms with Crippen LogP contribution in [-0.2, 0) is 4.65 Å². The molecule has 6 aromatic carbocycles. The van der Waals surface area contributed by atoms with Crippen molar-refractivity contribution in [3.05, 3.63) is 103 Å². The van der Waals surface area contributed by atoms with E-state index >= 15 is 0 Å². The second-order valence-corrected chi connectivity index (χ2v) is 16.3. The van der Waals surface area contributed by atoms with Gasteiger partial charge in [0.25, 0.3) is 0 Å². The van der Waals surface area contributed by atoms with Crippen molar-refractivity contribution in [1.29, 1.82) is 0 Å². The molecule has 0 aliphatic rings. The maximum absolute atomic E-state index is 6.60. The van der Waals surface area contributed by atoms with Crippen LogP contribution in [0.1, 0.15) is 27.7 Å². The maximum atomic E-state index is 6.60. The standard InChI is InChI=1S/C38H31BOPS2/c1-37(2,38(3,4)41)40-39-36-27-12-8-7-11-26(27)21-34-35(36)30-19-25(14-16-32(30)43-34)24-13-15-31-28(18-24)29-17-22-9-5-6-10-23(22)20-33(29)42-31/h5-21H,41H2,1-4H3. The lowest BCUT2D eigenvalue weighted by molar-refractivity contribution is 0.0842. The van der Waals surface area contributed by atoms with Crippen LogP contribution >= 0.6 is 31.9 Å². The van der Waals surface area contributed by atoms with Gasteiger partial charge in [0.1, 0.15) is 0 Å². The van der Waals surface area contributed by atoms with Crippen LogP contribution in [0.4, 0.5) is 0 Å². The molecule has 0 spiro atoms. The summed E-state index contributed by atoms with van der Waals surface area (Å²) in [5.41, 5.74) is 3.28. The zero-order chi connectivity index (χ0) is 29.5. The quantitative estimate of drug-likeness (QED) is 0.139. The van der Waals surface area contributed by atoms with Gasteiger partial charge in [-0.25, -0.2) is 0 Å². The highest BCUT2D eigenvalue weighted by molar-refractivity contribution is 7.26. The Bertz CT molecular complexity index is 2370. The Kier molecular flexibility index (Phi) is 6.27. The van der Waals surface area contributed by atoms with Gasteiger partial charge < -0.3 is 4.65 Å². The van der Waals surface area contributed by atoms with Crippen molar-refractivity contribution in [2.45, 2.75) is 38.5 Å². The SMILES string of the molecule is CC(C)(P)C(C)(C)O[B]c1c2ccccc2cc2sc3ccc(-c4ccc5sc6cc7ccccc7cc6c5c4)cc3c12. The molecule has 1 unspecified atom stereocenters. The van der Waals surface area contributed by atoms with Gasteiger partial charge in [-0.15, -0.1) is 31.9 Å². The molecule has 0 saturated heterocycles. The van der Waals surface area contributed by atoms with Crippen LogP contribution < -0.4 is 5.46 Å². The van der Waals surface area contributed by atoms with Crippen LogP contribution in [0.25, 0.3) is 73.0 Å². The van der Waals surface area contributed by atoms with Gasteiger partial charge in [-0.3, -0.25) is 0 Å². The molecule has 0 N–H and O–H groups in total. The fourth-order valence-electron chi connectivity index (χ4n) is 5.94. The van der Waals surface area contributed by atoms with Gasteiger partial charge in [0.2, 0.25) is 0 Å². The summed E-state index contributed by atoms with van der Waals surface area (Å²) < 4.78 is 11.9. The summed E-state index contributed by atoms with van der Waals surface area (Å²) in [4.78, 5) is 0. The molecular formula is C38H31BOPS2. The van der Waals surface area contributed by atoms with Crippen molar-refractivity contribution in [3.8, 4) is 11.1 Å². The van der Waals surface area contributed by atoms with Crippen LogP contribution in [0.5, 0.6) is 0 Å². The van der Waals surface area contributed by atoms with Crippen LogP contribution in [-0.4, -0.2) is 18.2 Å². The average Bonchev–Trinajstić information content (AvgIpc) is 3.54. The molecule has 8 aromatic rings. The molecule has 2 aromatic heterocycles. The van der Waals surface area contributed by atoms with Crippen LogP contribution in [0, 0.1) is 0 Å². The monoisotopic (exact) mass is 609 g/mol. The Morgan fingerprint density at radius 1 is 0.558 bits per heavy atom. The summed E-state index contributed by atoms with van der Waals surface area (Å²) in [5, 5.41) is 10.2. The largest absolute Gasteiger partial charge is 0.429 e. The Balaban J connectivity index is 1.31. The van der Waals surface area contributed by atoms with E-state index in [1.165, 1.54) is 73.0 Å². The zero-order valence-corrected chi connectivity index (χ0v) is 27.5. The third-order valence-electron chi connectivity index (χ3n) is 9.22. The van der Waals surface area contributed by atoms with E-state index in [2.05, 4.69) is 140 Å². The predicted octanol–water partition coefficient (Wildman–Crippen LogP) is 11.1. The van der Waals surface area contributed by atoms with E-state index in [4.69, 9.17) is 4.65 Å². The van der Waals surface area contributed by atoms with Crippen LogP contribution in [0.3, 0.4) is 0 Å². The molecular weight excluding hydrogens is 578 g/mol. The molecule has 1 nitrogen and oxygen atoms in total. The third kappa shape index (κ3) is 4.50. The molecule has 2 heterocycles. The van der Waals surface area contributed by atoms with E-state index < -0.39 is 0 Å². The molecule has 0 aliphatic carbocycles. The molecule has 1 atom stereocenters.